The molecule has 2 rings (SSSR count). The molecule has 1 amide bonds. The Balaban J connectivity index is 1.69. The summed E-state index contributed by atoms with van der Waals surface area (Å²) in [6, 6.07) is -0.161. The molecule has 1 saturated heterocycles. The Hall–Kier alpha value is -1.58. The van der Waals surface area contributed by atoms with Crippen LogP contribution in [0, 0.1) is 0 Å². The van der Waals surface area contributed by atoms with E-state index in [0.717, 1.165) is 6.42 Å². The predicted octanol–water partition coefficient (Wildman–Crippen LogP) is -1.26. The number of amides is 1. The first-order valence-electron chi connectivity index (χ1n) is 7.10. The lowest BCUT2D eigenvalue weighted by Gasteiger charge is -2.32. The number of tetrazole rings is 1. The maximum Gasteiger partial charge on any atom is 0.220 e. The van der Waals surface area contributed by atoms with Gasteiger partial charge < -0.3 is 19.9 Å². The number of hydrogen-bond acceptors (Lipinski definition) is 7. The van der Waals surface area contributed by atoms with Crippen LogP contribution in [0.15, 0.2) is 6.33 Å². The van der Waals surface area contributed by atoms with E-state index in [1.165, 1.54) is 6.33 Å². The molecule has 2 heterocycles. The van der Waals surface area contributed by atoms with E-state index < -0.39 is 0 Å². The zero-order valence-electron chi connectivity index (χ0n) is 11.8. The fraction of sp³-hybridized carbons (Fsp3) is 0.833. The van der Waals surface area contributed by atoms with E-state index in [9.17, 15) is 4.79 Å². The summed E-state index contributed by atoms with van der Waals surface area (Å²) >= 11 is 0. The maximum atomic E-state index is 11.9. The monoisotopic (exact) mass is 299 g/mol. The molecule has 0 saturated carbocycles. The first-order valence-corrected chi connectivity index (χ1v) is 7.10. The Kier molecular flexibility index (Phi) is 6.51. The molecule has 118 valence electrons. The van der Waals surface area contributed by atoms with Crippen LogP contribution in [0.3, 0.4) is 0 Å². The highest BCUT2D eigenvalue weighted by Gasteiger charge is 2.27. The molecule has 2 atom stereocenters. The average Bonchev–Trinajstić information content (AvgIpc) is 2.99. The Morgan fingerprint density at radius 2 is 2.48 bits per heavy atom. The van der Waals surface area contributed by atoms with Crippen molar-refractivity contribution in [1.29, 1.82) is 0 Å². The van der Waals surface area contributed by atoms with Gasteiger partial charge in [0.2, 0.25) is 5.91 Å². The van der Waals surface area contributed by atoms with Crippen LogP contribution >= 0.6 is 0 Å². The molecule has 0 unspecified atom stereocenters. The van der Waals surface area contributed by atoms with Crippen molar-refractivity contribution in [2.24, 2.45) is 0 Å². The minimum atomic E-state index is -0.161. The Morgan fingerprint density at radius 3 is 3.24 bits per heavy atom. The molecule has 0 spiro atoms. The molecule has 1 aliphatic heterocycles. The number of aliphatic hydroxyl groups is 1. The first-order chi connectivity index (χ1) is 10.3. The summed E-state index contributed by atoms with van der Waals surface area (Å²) in [5.74, 6) is -0.0452. The summed E-state index contributed by atoms with van der Waals surface area (Å²) in [6.45, 7) is 1.91. The molecule has 0 aliphatic carbocycles. The van der Waals surface area contributed by atoms with Gasteiger partial charge in [0.15, 0.2) is 0 Å². The second kappa shape index (κ2) is 8.65. The van der Waals surface area contributed by atoms with Crippen molar-refractivity contribution in [2.45, 2.75) is 38.0 Å². The highest BCUT2D eigenvalue weighted by Crippen LogP contribution is 2.12. The summed E-state index contributed by atoms with van der Waals surface area (Å²) in [5.41, 5.74) is 0. The molecule has 0 aromatic carbocycles. The normalized spacial score (nSPS) is 22.1. The Labute approximate surface area is 122 Å². The van der Waals surface area contributed by atoms with Crippen LogP contribution in [0.1, 0.15) is 19.3 Å². The standard InChI is InChI=1S/C12H21N5O4/c18-5-7-21-11-3-6-20-8-10(11)14-12(19)2-1-4-17-9-13-15-16-17/h9-11,18H,1-8H2,(H,14,19)/t10-,11+/m1/s1. The lowest BCUT2D eigenvalue weighted by Crippen LogP contribution is -2.50. The van der Waals surface area contributed by atoms with Gasteiger partial charge in [0.05, 0.1) is 32.0 Å². The Bertz CT molecular complexity index is 414. The zero-order chi connectivity index (χ0) is 14.9. The topological polar surface area (TPSA) is 111 Å². The average molecular weight is 299 g/mol. The molecular formula is C12H21N5O4. The first kappa shape index (κ1) is 15.8. The number of hydrogen-bond donors (Lipinski definition) is 2. The minimum absolute atomic E-state index is 0.0238. The number of aromatic nitrogens is 4. The van der Waals surface area contributed by atoms with E-state index in [-0.39, 0.29) is 31.3 Å². The number of carbonyl (C=O) groups excluding carboxylic acids is 1. The third kappa shape index (κ3) is 5.37. The number of ether oxygens (including phenoxy) is 2. The quantitative estimate of drug-likeness (QED) is 0.616. The summed E-state index contributed by atoms with van der Waals surface area (Å²) in [7, 11) is 0. The van der Waals surface area contributed by atoms with Crippen molar-refractivity contribution in [3.8, 4) is 0 Å². The molecule has 0 radical (unpaired) electrons. The van der Waals surface area contributed by atoms with Crippen molar-refractivity contribution < 1.29 is 19.4 Å². The van der Waals surface area contributed by atoms with Gasteiger partial charge >= 0.3 is 0 Å². The van der Waals surface area contributed by atoms with Gasteiger partial charge in [-0.15, -0.1) is 5.10 Å². The fourth-order valence-corrected chi connectivity index (χ4v) is 2.22. The second-order valence-corrected chi connectivity index (χ2v) is 4.85. The fourth-order valence-electron chi connectivity index (χ4n) is 2.22. The van der Waals surface area contributed by atoms with Crippen LogP contribution in [0.5, 0.6) is 0 Å². The van der Waals surface area contributed by atoms with Gasteiger partial charge in [0, 0.05) is 19.6 Å². The van der Waals surface area contributed by atoms with Gasteiger partial charge in [-0.25, -0.2) is 4.68 Å². The van der Waals surface area contributed by atoms with E-state index in [1.807, 2.05) is 0 Å². The van der Waals surface area contributed by atoms with E-state index in [1.54, 1.807) is 4.68 Å². The molecule has 9 heteroatoms. The largest absolute Gasteiger partial charge is 0.394 e. The van der Waals surface area contributed by atoms with Crippen LogP contribution < -0.4 is 5.32 Å². The van der Waals surface area contributed by atoms with E-state index >= 15 is 0 Å². The van der Waals surface area contributed by atoms with Gasteiger partial charge in [-0.1, -0.05) is 0 Å². The lowest BCUT2D eigenvalue weighted by atomic mass is 10.1. The lowest BCUT2D eigenvalue weighted by molar-refractivity contribution is -0.126. The molecule has 1 fully saturated rings. The summed E-state index contributed by atoms with van der Waals surface area (Å²) in [6.07, 6.45) is 3.19. The van der Waals surface area contributed by atoms with Crippen molar-refractivity contribution in [1.82, 2.24) is 25.5 Å². The molecule has 1 aromatic heterocycles. The second-order valence-electron chi connectivity index (χ2n) is 4.85. The molecule has 1 aromatic rings. The third-order valence-electron chi connectivity index (χ3n) is 3.25. The van der Waals surface area contributed by atoms with Crippen LogP contribution in [0.4, 0.5) is 0 Å². The third-order valence-corrected chi connectivity index (χ3v) is 3.25. The summed E-state index contributed by atoms with van der Waals surface area (Å²) < 4.78 is 12.5. The predicted molar refractivity (Wildman–Crippen MR) is 71.2 cm³/mol. The molecular weight excluding hydrogens is 278 g/mol. The van der Waals surface area contributed by atoms with E-state index in [0.29, 0.717) is 32.6 Å². The maximum absolute atomic E-state index is 11.9. The summed E-state index contributed by atoms with van der Waals surface area (Å²) in [5, 5.41) is 22.5. The van der Waals surface area contributed by atoms with E-state index in [4.69, 9.17) is 14.6 Å². The van der Waals surface area contributed by atoms with Gasteiger partial charge in [0.1, 0.15) is 6.33 Å². The molecule has 2 N–H and O–H groups in total. The van der Waals surface area contributed by atoms with Gasteiger partial charge in [-0.2, -0.15) is 0 Å². The summed E-state index contributed by atoms with van der Waals surface area (Å²) in [4.78, 5) is 11.9. The Morgan fingerprint density at radius 1 is 1.57 bits per heavy atom. The number of rotatable bonds is 8. The van der Waals surface area contributed by atoms with Crippen LogP contribution in [0.25, 0.3) is 0 Å². The van der Waals surface area contributed by atoms with Crippen molar-refractivity contribution in [3.05, 3.63) is 6.33 Å². The molecule has 0 bridgehead atoms. The van der Waals surface area contributed by atoms with E-state index in [2.05, 4.69) is 20.8 Å². The highest BCUT2D eigenvalue weighted by molar-refractivity contribution is 5.76. The minimum Gasteiger partial charge on any atom is -0.394 e. The van der Waals surface area contributed by atoms with Crippen molar-refractivity contribution >= 4 is 5.91 Å². The number of carbonyl (C=O) groups is 1. The zero-order valence-corrected chi connectivity index (χ0v) is 11.8. The van der Waals surface area contributed by atoms with Crippen molar-refractivity contribution in [3.63, 3.8) is 0 Å². The van der Waals surface area contributed by atoms with Gasteiger partial charge in [-0.3, -0.25) is 4.79 Å². The number of aliphatic hydroxyl groups excluding tert-OH is 1. The SMILES string of the molecule is O=C(CCCn1cnnn1)N[C@@H]1COCC[C@@H]1OCCO. The number of nitrogens with one attached hydrogen (secondary N) is 1. The van der Waals surface area contributed by atoms with Crippen LogP contribution in [0.2, 0.25) is 0 Å². The number of nitrogens with zero attached hydrogens (tertiary/aromatic N) is 4. The van der Waals surface area contributed by atoms with Gasteiger partial charge in [-0.05, 0) is 23.3 Å². The number of aryl methyl sites for hydroxylation is 1. The molecule has 9 nitrogen and oxygen atoms in total. The molecule has 1 aliphatic rings. The van der Waals surface area contributed by atoms with Crippen LogP contribution in [-0.4, -0.2) is 69.8 Å². The van der Waals surface area contributed by atoms with Gasteiger partial charge in [0.25, 0.3) is 0 Å². The molecule has 21 heavy (non-hydrogen) atoms. The highest BCUT2D eigenvalue weighted by atomic mass is 16.5. The smallest absolute Gasteiger partial charge is 0.220 e. The van der Waals surface area contributed by atoms with Crippen molar-refractivity contribution in [2.75, 3.05) is 26.4 Å². The van der Waals surface area contributed by atoms with Crippen LogP contribution in [-0.2, 0) is 20.8 Å².